The smallest absolute Gasteiger partial charge is 0.242 e. The molecule has 1 saturated carbocycles. The Morgan fingerprint density at radius 3 is 2.47 bits per heavy atom. The van der Waals surface area contributed by atoms with E-state index < -0.39 is 6.04 Å². The van der Waals surface area contributed by atoms with Gasteiger partial charge in [0.05, 0.1) is 6.61 Å². The highest BCUT2D eigenvalue weighted by Crippen LogP contribution is 2.27. The minimum atomic E-state index is -0.412. The number of nitrogens with one attached hydrogen (secondary N) is 1. The van der Waals surface area contributed by atoms with E-state index in [4.69, 9.17) is 0 Å². The van der Waals surface area contributed by atoms with Crippen LogP contribution in [0.25, 0.3) is 0 Å². The molecule has 4 nitrogen and oxygen atoms in total. The van der Waals surface area contributed by atoms with Crippen LogP contribution < -0.4 is 5.32 Å². The van der Waals surface area contributed by atoms with Crippen LogP contribution in [0, 0.1) is 5.41 Å². The van der Waals surface area contributed by atoms with E-state index in [0.29, 0.717) is 6.04 Å². The molecule has 4 heteroatoms. The van der Waals surface area contributed by atoms with Crippen LogP contribution in [0.1, 0.15) is 52.4 Å². The summed E-state index contributed by atoms with van der Waals surface area (Å²) in [5.41, 5.74) is 0.0753. The number of hydrogen-bond donors (Lipinski definition) is 2. The third-order valence-electron chi connectivity index (χ3n) is 4.45. The summed E-state index contributed by atoms with van der Waals surface area (Å²) in [4.78, 5) is 14.6. The summed E-state index contributed by atoms with van der Waals surface area (Å²) >= 11 is 0. The van der Waals surface area contributed by atoms with E-state index in [1.165, 1.54) is 25.7 Å². The van der Waals surface area contributed by atoms with Crippen LogP contribution >= 0.6 is 0 Å². The molecular formula is C15H28N2O2. The molecule has 0 aromatic rings. The van der Waals surface area contributed by atoms with Crippen molar-refractivity contribution in [1.29, 1.82) is 0 Å². The van der Waals surface area contributed by atoms with Crippen LogP contribution in [0.4, 0.5) is 0 Å². The molecule has 1 saturated heterocycles. The lowest BCUT2D eigenvalue weighted by Crippen LogP contribution is -2.49. The van der Waals surface area contributed by atoms with E-state index in [-0.39, 0.29) is 17.9 Å². The minimum Gasteiger partial charge on any atom is -0.394 e. The van der Waals surface area contributed by atoms with Gasteiger partial charge in [0, 0.05) is 19.1 Å². The first-order chi connectivity index (χ1) is 9.03. The van der Waals surface area contributed by atoms with Gasteiger partial charge >= 0.3 is 0 Å². The predicted octanol–water partition coefficient (Wildman–Crippen LogP) is 1.53. The molecule has 110 valence electrons. The minimum absolute atomic E-state index is 0.0753. The molecule has 1 unspecified atom stereocenters. The van der Waals surface area contributed by atoms with Crippen molar-refractivity contribution in [3.8, 4) is 0 Å². The fourth-order valence-corrected chi connectivity index (χ4v) is 3.30. The van der Waals surface area contributed by atoms with Gasteiger partial charge in [0.1, 0.15) is 6.04 Å². The van der Waals surface area contributed by atoms with Gasteiger partial charge < -0.3 is 15.3 Å². The maximum atomic E-state index is 12.6. The average Bonchev–Trinajstić information content (AvgIpc) is 2.69. The molecule has 19 heavy (non-hydrogen) atoms. The first kappa shape index (κ1) is 14.8. The van der Waals surface area contributed by atoms with E-state index in [1.807, 2.05) is 0 Å². The molecular weight excluding hydrogens is 240 g/mol. The Hall–Kier alpha value is -0.610. The lowest BCUT2D eigenvalue weighted by Gasteiger charge is -2.35. The van der Waals surface area contributed by atoms with Crippen molar-refractivity contribution in [2.75, 3.05) is 19.7 Å². The fraction of sp³-hybridized carbons (Fsp3) is 0.933. The summed E-state index contributed by atoms with van der Waals surface area (Å²) in [5, 5.41) is 12.6. The van der Waals surface area contributed by atoms with Crippen LogP contribution in [0.5, 0.6) is 0 Å². The largest absolute Gasteiger partial charge is 0.394 e. The number of carbonyl (C=O) groups excluding carboxylic acids is 1. The molecule has 2 fully saturated rings. The molecule has 2 rings (SSSR count). The highest BCUT2D eigenvalue weighted by molar-refractivity contribution is 5.82. The molecule has 1 aliphatic heterocycles. The summed E-state index contributed by atoms with van der Waals surface area (Å²) in [7, 11) is 0. The predicted molar refractivity (Wildman–Crippen MR) is 75.9 cm³/mol. The number of aliphatic hydroxyl groups excluding tert-OH is 1. The molecule has 2 aliphatic rings. The first-order valence-electron chi connectivity index (χ1n) is 7.68. The van der Waals surface area contributed by atoms with Crippen LogP contribution in [0.3, 0.4) is 0 Å². The highest BCUT2D eigenvalue weighted by Gasteiger charge is 2.37. The van der Waals surface area contributed by atoms with Gasteiger partial charge in [-0.15, -0.1) is 0 Å². The van der Waals surface area contributed by atoms with Crippen molar-refractivity contribution in [3.05, 3.63) is 0 Å². The Morgan fingerprint density at radius 1 is 1.26 bits per heavy atom. The number of rotatable bonds is 2. The Bertz CT molecular complexity index is 309. The molecule has 2 N–H and O–H groups in total. The average molecular weight is 268 g/mol. The van der Waals surface area contributed by atoms with Crippen molar-refractivity contribution >= 4 is 5.91 Å². The summed E-state index contributed by atoms with van der Waals surface area (Å²) < 4.78 is 0. The van der Waals surface area contributed by atoms with Crippen molar-refractivity contribution in [3.63, 3.8) is 0 Å². The summed E-state index contributed by atoms with van der Waals surface area (Å²) in [6.07, 6.45) is 7.30. The number of nitrogens with zero attached hydrogens (tertiary/aromatic N) is 1. The topological polar surface area (TPSA) is 52.6 Å². The summed E-state index contributed by atoms with van der Waals surface area (Å²) in [5.74, 6) is 0.0972. The van der Waals surface area contributed by atoms with Crippen LogP contribution in [0.15, 0.2) is 0 Å². The Labute approximate surface area is 116 Å². The SMILES string of the molecule is CC1(C)CNC(CO)C(=O)N(C2CCCCCC2)C1. The second-order valence-corrected chi connectivity index (χ2v) is 6.89. The second-order valence-electron chi connectivity index (χ2n) is 6.89. The monoisotopic (exact) mass is 268 g/mol. The normalized spacial score (nSPS) is 29.9. The first-order valence-corrected chi connectivity index (χ1v) is 7.68. The maximum Gasteiger partial charge on any atom is 0.242 e. The molecule has 1 aliphatic carbocycles. The Morgan fingerprint density at radius 2 is 1.89 bits per heavy atom. The van der Waals surface area contributed by atoms with Gasteiger partial charge in [-0.3, -0.25) is 4.79 Å². The molecule has 1 heterocycles. The van der Waals surface area contributed by atoms with Gasteiger partial charge in [-0.25, -0.2) is 0 Å². The molecule has 1 atom stereocenters. The fourth-order valence-electron chi connectivity index (χ4n) is 3.30. The van der Waals surface area contributed by atoms with Crippen LogP contribution in [-0.4, -0.2) is 47.7 Å². The zero-order valence-corrected chi connectivity index (χ0v) is 12.3. The third kappa shape index (κ3) is 3.69. The Kier molecular flexibility index (Phi) is 4.85. The Balaban J connectivity index is 2.15. The highest BCUT2D eigenvalue weighted by atomic mass is 16.3. The van der Waals surface area contributed by atoms with Gasteiger partial charge in [-0.2, -0.15) is 0 Å². The molecule has 1 amide bonds. The van der Waals surface area contributed by atoms with Gasteiger partial charge in [-0.05, 0) is 18.3 Å². The van der Waals surface area contributed by atoms with Gasteiger partial charge in [0.15, 0.2) is 0 Å². The zero-order chi connectivity index (χ0) is 13.9. The van der Waals surface area contributed by atoms with Crippen LogP contribution in [-0.2, 0) is 4.79 Å². The molecule has 0 radical (unpaired) electrons. The van der Waals surface area contributed by atoms with E-state index in [0.717, 1.165) is 25.9 Å². The third-order valence-corrected chi connectivity index (χ3v) is 4.45. The summed E-state index contributed by atoms with van der Waals surface area (Å²) in [6, 6.07) is -0.0340. The van der Waals surface area contributed by atoms with E-state index in [2.05, 4.69) is 24.1 Å². The lowest BCUT2D eigenvalue weighted by molar-refractivity contribution is -0.136. The quantitative estimate of drug-likeness (QED) is 0.747. The molecule has 0 spiro atoms. The van der Waals surface area contributed by atoms with Crippen LogP contribution in [0.2, 0.25) is 0 Å². The van der Waals surface area contributed by atoms with E-state index in [1.54, 1.807) is 0 Å². The van der Waals surface area contributed by atoms with Crippen molar-refractivity contribution in [2.24, 2.45) is 5.41 Å². The number of amides is 1. The van der Waals surface area contributed by atoms with E-state index in [9.17, 15) is 9.90 Å². The maximum absolute atomic E-state index is 12.6. The van der Waals surface area contributed by atoms with Gasteiger partial charge in [-0.1, -0.05) is 39.5 Å². The van der Waals surface area contributed by atoms with Gasteiger partial charge in [0.2, 0.25) is 5.91 Å². The molecule has 0 aromatic heterocycles. The molecule has 0 aromatic carbocycles. The van der Waals surface area contributed by atoms with Gasteiger partial charge in [0.25, 0.3) is 0 Å². The number of carbonyl (C=O) groups is 1. The standard InChI is InChI=1S/C15H28N2O2/c1-15(2)10-16-13(9-18)14(19)17(11-15)12-7-5-3-4-6-8-12/h12-13,16,18H,3-11H2,1-2H3. The zero-order valence-electron chi connectivity index (χ0n) is 12.3. The lowest BCUT2D eigenvalue weighted by atomic mass is 9.92. The van der Waals surface area contributed by atoms with Crippen molar-refractivity contribution < 1.29 is 9.90 Å². The van der Waals surface area contributed by atoms with Crippen molar-refractivity contribution in [1.82, 2.24) is 10.2 Å². The number of hydrogen-bond acceptors (Lipinski definition) is 3. The second kappa shape index (κ2) is 6.23. The number of aliphatic hydroxyl groups is 1. The summed E-state index contributed by atoms with van der Waals surface area (Å²) in [6.45, 7) is 5.87. The molecule has 0 bridgehead atoms. The van der Waals surface area contributed by atoms with Crippen molar-refractivity contribution in [2.45, 2.75) is 64.5 Å². The van der Waals surface area contributed by atoms with E-state index >= 15 is 0 Å².